The minimum Gasteiger partial charge on any atom is -0.488 e. The summed E-state index contributed by atoms with van der Waals surface area (Å²) < 4.78 is 7.56. The number of carbonyl (C=O) groups is 1. The van der Waals surface area contributed by atoms with Gasteiger partial charge in [0, 0.05) is 35.9 Å². The molecule has 0 atom stereocenters. The fraction of sp³-hybridized carbons (Fsp3) is 0.158. The third-order valence-electron chi connectivity index (χ3n) is 4.36. The van der Waals surface area contributed by atoms with Gasteiger partial charge in [-0.1, -0.05) is 29.8 Å². The topological polar surface area (TPSA) is 47.4 Å². The minimum atomic E-state index is -0.193. The maximum atomic E-state index is 13.0. The third-order valence-corrected chi connectivity index (χ3v) is 4.60. The summed E-state index contributed by atoms with van der Waals surface area (Å²) >= 11 is 6.04. The molecule has 0 spiro atoms. The molecule has 1 aliphatic rings. The molecule has 0 fully saturated rings. The first-order valence-electron chi connectivity index (χ1n) is 7.88. The molecule has 0 unspecified atom stereocenters. The summed E-state index contributed by atoms with van der Waals surface area (Å²) in [5.41, 5.74) is 3.79. The Hall–Kier alpha value is -2.79. The van der Waals surface area contributed by atoms with E-state index in [0.717, 1.165) is 22.6 Å². The lowest BCUT2D eigenvalue weighted by molar-refractivity contribution is 0.0985. The summed E-state index contributed by atoms with van der Waals surface area (Å²) in [5.74, 6) is 0.613. The molecule has 0 N–H and O–H groups in total. The van der Waals surface area contributed by atoms with Gasteiger partial charge >= 0.3 is 0 Å². The van der Waals surface area contributed by atoms with Gasteiger partial charge in [-0.15, -0.1) is 0 Å². The van der Waals surface area contributed by atoms with Crippen LogP contribution < -0.4 is 9.64 Å². The van der Waals surface area contributed by atoms with Crippen LogP contribution in [0.3, 0.4) is 0 Å². The van der Waals surface area contributed by atoms with Crippen molar-refractivity contribution in [3.8, 4) is 17.0 Å². The molecule has 1 aromatic heterocycles. The number of fused-ring (bicyclic) bond motifs is 3. The van der Waals surface area contributed by atoms with Crippen LogP contribution >= 0.6 is 11.6 Å². The van der Waals surface area contributed by atoms with Crippen molar-refractivity contribution in [3.63, 3.8) is 0 Å². The summed E-state index contributed by atoms with van der Waals surface area (Å²) in [6, 6.07) is 15.0. The number of anilines is 1. The van der Waals surface area contributed by atoms with Crippen LogP contribution in [0.1, 0.15) is 16.1 Å². The van der Waals surface area contributed by atoms with Gasteiger partial charge in [0.1, 0.15) is 12.4 Å². The maximum absolute atomic E-state index is 13.0. The van der Waals surface area contributed by atoms with Gasteiger partial charge in [-0.2, -0.15) is 5.10 Å². The fourth-order valence-electron chi connectivity index (χ4n) is 3.11. The lowest BCUT2D eigenvalue weighted by atomic mass is 10.0. The first kappa shape index (κ1) is 15.7. The van der Waals surface area contributed by atoms with E-state index in [2.05, 4.69) is 5.10 Å². The Morgan fingerprint density at radius 2 is 2.04 bits per heavy atom. The highest BCUT2D eigenvalue weighted by atomic mass is 35.5. The molecule has 4 rings (SSSR count). The van der Waals surface area contributed by atoms with Crippen molar-refractivity contribution in [2.75, 3.05) is 11.9 Å². The second-order valence-corrected chi connectivity index (χ2v) is 6.36. The Labute approximate surface area is 150 Å². The van der Waals surface area contributed by atoms with E-state index in [1.54, 1.807) is 28.8 Å². The van der Waals surface area contributed by atoms with E-state index in [1.165, 1.54) is 0 Å². The Morgan fingerprint density at radius 1 is 1.24 bits per heavy atom. The lowest BCUT2D eigenvalue weighted by Gasteiger charge is -2.20. The Morgan fingerprint density at radius 3 is 2.84 bits per heavy atom. The van der Waals surface area contributed by atoms with Crippen LogP contribution in [0, 0.1) is 0 Å². The Kier molecular flexibility index (Phi) is 3.73. The van der Waals surface area contributed by atoms with Gasteiger partial charge in [0.25, 0.3) is 5.91 Å². The molecule has 2 heterocycles. The quantitative estimate of drug-likeness (QED) is 0.701. The van der Waals surface area contributed by atoms with Gasteiger partial charge in [0.15, 0.2) is 5.69 Å². The van der Waals surface area contributed by atoms with Crippen molar-refractivity contribution < 1.29 is 9.53 Å². The van der Waals surface area contributed by atoms with Crippen LogP contribution in [0.15, 0.2) is 48.5 Å². The van der Waals surface area contributed by atoms with Crippen LogP contribution in [0.25, 0.3) is 11.3 Å². The number of rotatable bonds is 2. The van der Waals surface area contributed by atoms with Crippen LogP contribution in [0.2, 0.25) is 5.02 Å². The van der Waals surface area contributed by atoms with Crippen molar-refractivity contribution in [3.05, 3.63) is 64.8 Å². The normalized spacial score (nSPS) is 12.1. The van der Waals surface area contributed by atoms with E-state index in [0.29, 0.717) is 23.0 Å². The van der Waals surface area contributed by atoms with Crippen LogP contribution in [0.4, 0.5) is 5.69 Å². The van der Waals surface area contributed by atoms with Gasteiger partial charge in [0.05, 0.1) is 5.69 Å². The molecule has 3 aromatic rings. The summed E-state index contributed by atoms with van der Waals surface area (Å²) in [6.07, 6.45) is 0. The Balaban J connectivity index is 1.77. The third kappa shape index (κ3) is 2.57. The van der Waals surface area contributed by atoms with Crippen molar-refractivity contribution in [2.24, 2.45) is 7.05 Å². The number of nitrogens with zero attached hydrogens (tertiary/aromatic N) is 3. The van der Waals surface area contributed by atoms with Crippen LogP contribution in [-0.4, -0.2) is 22.7 Å². The maximum Gasteiger partial charge on any atom is 0.278 e. The molecular weight excluding hydrogens is 338 g/mol. The number of aryl methyl sites for hydroxylation is 1. The molecule has 5 nitrogen and oxygen atoms in total. The number of hydrogen-bond acceptors (Lipinski definition) is 3. The van der Waals surface area contributed by atoms with Gasteiger partial charge in [-0.3, -0.25) is 9.48 Å². The van der Waals surface area contributed by atoms with E-state index in [1.807, 2.05) is 43.4 Å². The standard InChI is InChI=1S/C19H16ClN3O2/c1-22(13-7-5-6-12(20)10-13)19(24)17-15-11-25-16-9-4-3-8-14(16)18(15)23(2)21-17/h3-10H,11H2,1-2H3. The van der Waals surface area contributed by atoms with Crippen molar-refractivity contribution in [2.45, 2.75) is 6.61 Å². The van der Waals surface area contributed by atoms with Crippen molar-refractivity contribution in [1.29, 1.82) is 0 Å². The zero-order chi connectivity index (χ0) is 17.6. The van der Waals surface area contributed by atoms with E-state index in [-0.39, 0.29) is 5.91 Å². The molecule has 6 heteroatoms. The number of halogens is 1. The summed E-state index contributed by atoms with van der Waals surface area (Å²) in [4.78, 5) is 14.6. The summed E-state index contributed by atoms with van der Waals surface area (Å²) in [7, 11) is 3.56. The highest BCUT2D eigenvalue weighted by Gasteiger charge is 2.29. The molecule has 0 bridgehead atoms. The molecular formula is C19H16ClN3O2. The lowest BCUT2D eigenvalue weighted by Crippen LogP contribution is -2.28. The van der Waals surface area contributed by atoms with E-state index in [4.69, 9.17) is 16.3 Å². The average molecular weight is 354 g/mol. The number of para-hydroxylation sites is 1. The highest BCUT2D eigenvalue weighted by molar-refractivity contribution is 6.31. The van der Waals surface area contributed by atoms with Crippen LogP contribution in [-0.2, 0) is 13.7 Å². The molecule has 0 saturated heterocycles. The zero-order valence-corrected chi connectivity index (χ0v) is 14.6. The van der Waals surface area contributed by atoms with E-state index < -0.39 is 0 Å². The van der Waals surface area contributed by atoms with Crippen molar-refractivity contribution in [1.82, 2.24) is 9.78 Å². The van der Waals surface area contributed by atoms with E-state index in [9.17, 15) is 4.79 Å². The predicted molar refractivity (Wildman–Crippen MR) is 97.2 cm³/mol. The average Bonchev–Trinajstić information content (AvgIpc) is 2.97. The Bertz CT molecular complexity index is 981. The molecule has 0 saturated carbocycles. The van der Waals surface area contributed by atoms with Crippen LogP contribution in [0.5, 0.6) is 5.75 Å². The molecule has 25 heavy (non-hydrogen) atoms. The number of ether oxygens (including phenoxy) is 1. The molecule has 1 amide bonds. The number of hydrogen-bond donors (Lipinski definition) is 0. The number of carbonyl (C=O) groups excluding carboxylic acids is 1. The molecule has 126 valence electrons. The first-order valence-corrected chi connectivity index (χ1v) is 8.25. The summed E-state index contributed by atoms with van der Waals surface area (Å²) in [6.45, 7) is 0.324. The smallest absolute Gasteiger partial charge is 0.278 e. The van der Waals surface area contributed by atoms with Gasteiger partial charge in [-0.05, 0) is 30.3 Å². The summed E-state index contributed by atoms with van der Waals surface area (Å²) in [5, 5.41) is 5.05. The minimum absolute atomic E-state index is 0.193. The molecule has 2 aromatic carbocycles. The van der Waals surface area contributed by atoms with E-state index >= 15 is 0 Å². The largest absolute Gasteiger partial charge is 0.488 e. The zero-order valence-electron chi connectivity index (χ0n) is 13.9. The second kappa shape index (κ2) is 5.93. The number of benzene rings is 2. The predicted octanol–water partition coefficient (Wildman–Crippen LogP) is 3.91. The fourth-order valence-corrected chi connectivity index (χ4v) is 3.30. The first-order chi connectivity index (χ1) is 12.1. The SMILES string of the molecule is CN(C(=O)c1nn(C)c2c1COc1ccccc1-2)c1cccc(Cl)c1. The van der Waals surface area contributed by atoms with Crippen molar-refractivity contribution >= 4 is 23.2 Å². The number of aromatic nitrogens is 2. The molecule has 1 aliphatic heterocycles. The van der Waals surface area contributed by atoms with Gasteiger partial charge in [0.2, 0.25) is 0 Å². The second-order valence-electron chi connectivity index (χ2n) is 5.93. The van der Waals surface area contributed by atoms with Gasteiger partial charge < -0.3 is 9.64 Å². The molecule has 0 radical (unpaired) electrons. The highest BCUT2D eigenvalue weighted by Crippen LogP contribution is 2.38. The van der Waals surface area contributed by atoms with Gasteiger partial charge in [-0.25, -0.2) is 0 Å². The molecule has 0 aliphatic carbocycles. The monoisotopic (exact) mass is 353 g/mol. The number of amides is 1.